The first kappa shape index (κ1) is 12.1. The van der Waals surface area contributed by atoms with Crippen LogP contribution in [0, 0.1) is 17.8 Å². The summed E-state index contributed by atoms with van der Waals surface area (Å²) in [4.78, 5) is 13.6. The van der Waals surface area contributed by atoms with Crippen LogP contribution in [0.1, 0.15) is 23.2 Å². The van der Waals surface area contributed by atoms with Crippen LogP contribution < -0.4 is 0 Å². The lowest BCUT2D eigenvalue weighted by molar-refractivity contribution is 0.105. The monoisotopic (exact) mass is 295 g/mol. The molecule has 1 heterocycles. The smallest absolute Gasteiger partial charge is 0.240 e. The Morgan fingerprint density at radius 2 is 2.06 bits per heavy atom. The van der Waals surface area contributed by atoms with Gasteiger partial charge in [-0.05, 0) is 31.0 Å². The Morgan fingerprint density at radius 1 is 1.35 bits per heavy atom. The number of ketones is 1. The van der Waals surface area contributed by atoms with Crippen LogP contribution in [0.25, 0.3) is 0 Å². The number of hydrogen-bond donors (Lipinski definition) is 0. The van der Waals surface area contributed by atoms with E-state index in [4.69, 9.17) is 0 Å². The fourth-order valence-corrected chi connectivity index (χ4v) is 2.06. The molecule has 1 aromatic carbocycles. The lowest BCUT2D eigenvalue weighted by atomic mass is 10.1. The maximum Gasteiger partial charge on any atom is 0.240 e. The van der Waals surface area contributed by atoms with Crippen molar-refractivity contribution in [2.75, 3.05) is 13.1 Å². The zero-order valence-corrected chi connectivity index (χ0v) is 10.8. The molecule has 0 aromatic heterocycles. The van der Waals surface area contributed by atoms with Crippen molar-refractivity contribution in [3.63, 3.8) is 0 Å². The molecule has 4 heteroatoms. The number of carbonyl (C=O) groups excluding carboxylic acids is 1. The van der Waals surface area contributed by atoms with Crippen molar-refractivity contribution >= 4 is 21.7 Å². The Balaban J connectivity index is 2.16. The van der Waals surface area contributed by atoms with Crippen LogP contribution in [0.15, 0.2) is 22.7 Å². The largest absolute Gasteiger partial charge is 0.332 e. The zero-order chi connectivity index (χ0) is 12.3. The van der Waals surface area contributed by atoms with E-state index in [0.29, 0.717) is 4.47 Å². The van der Waals surface area contributed by atoms with Gasteiger partial charge in [0.1, 0.15) is 5.82 Å². The second-order valence-electron chi connectivity index (χ2n) is 3.88. The molecule has 2 rings (SSSR count). The van der Waals surface area contributed by atoms with E-state index in [1.54, 1.807) is 6.07 Å². The number of hydrogen-bond acceptors (Lipinski definition) is 2. The van der Waals surface area contributed by atoms with Gasteiger partial charge in [0.15, 0.2) is 0 Å². The summed E-state index contributed by atoms with van der Waals surface area (Å²) in [5.74, 6) is 1.48. The molecule has 0 N–H and O–H groups in total. The summed E-state index contributed by atoms with van der Waals surface area (Å²) in [6.45, 7) is 1.78. The molecule has 1 aromatic rings. The molecule has 0 atom stereocenters. The molecule has 1 aliphatic rings. The third kappa shape index (κ3) is 3.07. The molecular weight excluding hydrogens is 285 g/mol. The summed E-state index contributed by atoms with van der Waals surface area (Å²) in [5.41, 5.74) is 0.0195. The molecule has 2 nitrogen and oxygen atoms in total. The van der Waals surface area contributed by atoms with Gasteiger partial charge >= 0.3 is 0 Å². The summed E-state index contributed by atoms with van der Waals surface area (Å²) in [5, 5.41) is 0. The Bertz CT molecular complexity index is 498. The highest BCUT2D eigenvalue weighted by molar-refractivity contribution is 9.10. The molecule has 0 spiro atoms. The van der Waals surface area contributed by atoms with Crippen LogP contribution in [-0.4, -0.2) is 23.8 Å². The van der Waals surface area contributed by atoms with Crippen molar-refractivity contribution in [3.05, 3.63) is 34.1 Å². The lowest BCUT2D eigenvalue weighted by Gasteiger charge is -2.05. The third-order valence-electron chi connectivity index (χ3n) is 2.61. The van der Waals surface area contributed by atoms with E-state index >= 15 is 0 Å². The molecule has 1 fully saturated rings. The molecule has 1 aliphatic heterocycles. The van der Waals surface area contributed by atoms with Gasteiger partial charge < -0.3 is 4.90 Å². The van der Waals surface area contributed by atoms with Gasteiger partial charge in [0, 0.05) is 29.5 Å². The zero-order valence-electron chi connectivity index (χ0n) is 9.17. The molecule has 0 bridgehead atoms. The molecule has 0 saturated carbocycles. The standard InChI is InChI=1S/C13H11BrFNO/c14-10-3-4-12(15)11(9-10)13(17)5-8-16-6-1-2-7-16/h3-4,9H,1-2,6-7H2. The van der Waals surface area contributed by atoms with E-state index in [1.165, 1.54) is 12.1 Å². The minimum absolute atomic E-state index is 0.0195. The Hall–Kier alpha value is -1.34. The van der Waals surface area contributed by atoms with Crippen LogP contribution in [-0.2, 0) is 0 Å². The first-order chi connectivity index (χ1) is 8.16. The summed E-state index contributed by atoms with van der Waals surface area (Å²) in [6, 6.07) is 7.05. The fraction of sp³-hybridized carbons (Fsp3) is 0.308. The van der Waals surface area contributed by atoms with Crippen molar-refractivity contribution in [2.24, 2.45) is 0 Å². The van der Waals surface area contributed by atoms with Crippen LogP contribution >= 0.6 is 15.9 Å². The minimum atomic E-state index is -0.533. The summed E-state index contributed by atoms with van der Waals surface area (Å²) < 4.78 is 14.1. The molecule has 0 amide bonds. The summed E-state index contributed by atoms with van der Waals surface area (Å²) >= 11 is 3.20. The van der Waals surface area contributed by atoms with Gasteiger partial charge in [-0.25, -0.2) is 4.39 Å². The molecular formula is C13H11BrFNO. The quantitative estimate of drug-likeness (QED) is 0.587. The van der Waals surface area contributed by atoms with Gasteiger partial charge in [-0.15, -0.1) is 0 Å². The van der Waals surface area contributed by atoms with E-state index in [1.807, 2.05) is 4.90 Å². The number of benzene rings is 1. The second-order valence-corrected chi connectivity index (χ2v) is 4.80. The second kappa shape index (κ2) is 5.33. The normalized spacial score (nSPS) is 14.4. The molecule has 0 aliphatic carbocycles. The molecule has 0 radical (unpaired) electrons. The highest BCUT2D eigenvalue weighted by Gasteiger charge is 2.11. The maximum atomic E-state index is 13.4. The first-order valence-corrected chi connectivity index (χ1v) is 6.22. The molecule has 0 unspecified atom stereocenters. The number of Topliss-reactive ketones (excluding diaryl/α,β-unsaturated/α-hetero) is 1. The van der Waals surface area contributed by atoms with E-state index < -0.39 is 11.6 Å². The lowest BCUT2D eigenvalue weighted by Crippen LogP contribution is -2.12. The minimum Gasteiger partial charge on any atom is -0.332 e. The average molecular weight is 296 g/mol. The van der Waals surface area contributed by atoms with Crippen molar-refractivity contribution < 1.29 is 9.18 Å². The predicted molar refractivity (Wildman–Crippen MR) is 67.0 cm³/mol. The predicted octanol–water partition coefficient (Wildman–Crippen LogP) is 2.83. The van der Waals surface area contributed by atoms with Gasteiger partial charge in [0.25, 0.3) is 0 Å². The average Bonchev–Trinajstić information content (AvgIpc) is 2.82. The van der Waals surface area contributed by atoms with Crippen LogP contribution in [0.4, 0.5) is 4.39 Å². The van der Waals surface area contributed by atoms with Crippen molar-refractivity contribution in [1.29, 1.82) is 0 Å². The van der Waals surface area contributed by atoms with Gasteiger partial charge in [-0.3, -0.25) is 4.79 Å². The Kier molecular flexibility index (Phi) is 3.80. The van der Waals surface area contributed by atoms with E-state index in [-0.39, 0.29) is 5.56 Å². The highest BCUT2D eigenvalue weighted by atomic mass is 79.9. The molecule has 17 heavy (non-hydrogen) atoms. The topological polar surface area (TPSA) is 20.3 Å². The maximum absolute atomic E-state index is 13.4. The number of halogens is 2. The first-order valence-electron chi connectivity index (χ1n) is 5.43. The Labute approximate surface area is 108 Å². The number of carbonyl (C=O) groups is 1. The highest BCUT2D eigenvalue weighted by Crippen LogP contribution is 2.15. The third-order valence-corrected chi connectivity index (χ3v) is 3.10. The molecule has 88 valence electrons. The van der Waals surface area contributed by atoms with E-state index in [0.717, 1.165) is 25.9 Å². The number of rotatable bonds is 1. The van der Waals surface area contributed by atoms with Crippen LogP contribution in [0.3, 0.4) is 0 Å². The van der Waals surface area contributed by atoms with Crippen molar-refractivity contribution in [3.8, 4) is 12.0 Å². The van der Waals surface area contributed by atoms with Gasteiger partial charge in [0.2, 0.25) is 5.78 Å². The summed E-state index contributed by atoms with van der Waals surface area (Å²) in [7, 11) is 0. The van der Waals surface area contributed by atoms with Crippen molar-refractivity contribution in [1.82, 2.24) is 4.90 Å². The SMILES string of the molecule is O=C(C#CN1CCCC1)c1cc(Br)ccc1F. The van der Waals surface area contributed by atoms with Gasteiger partial charge in [-0.2, -0.15) is 0 Å². The van der Waals surface area contributed by atoms with Crippen LogP contribution in [0.5, 0.6) is 0 Å². The van der Waals surface area contributed by atoms with Crippen LogP contribution in [0.2, 0.25) is 0 Å². The van der Waals surface area contributed by atoms with Crippen molar-refractivity contribution in [2.45, 2.75) is 12.8 Å². The number of nitrogens with zero attached hydrogens (tertiary/aromatic N) is 1. The van der Waals surface area contributed by atoms with Gasteiger partial charge in [0.05, 0.1) is 5.56 Å². The Morgan fingerprint density at radius 3 is 2.76 bits per heavy atom. The fourth-order valence-electron chi connectivity index (χ4n) is 1.70. The van der Waals surface area contributed by atoms with E-state index in [2.05, 4.69) is 27.9 Å². The number of likely N-dealkylation sites (tertiary alicyclic amines) is 1. The van der Waals surface area contributed by atoms with E-state index in [9.17, 15) is 9.18 Å². The summed E-state index contributed by atoms with van der Waals surface area (Å²) in [6.07, 6.45) is 2.21. The van der Waals surface area contributed by atoms with Gasteiger partial charge in [-0.1, -0.05) is 15.9 Å². The molecule has 1 saturated heterocycles.